The van der Waals surface area contributed by atoms with Gasteiger partial charge in [0, 0.05) is 19.1 Å². The molecule has 0 fully saturated rings. The van der Waals surface area contributed by atoms with E-state index >= 15 is 0 Å². The maximum atomic E-state index is 11.6. The number of nitrogens with zero attached hydrogens (tertiary/aromatic N) is 1. The number of carbonyl (C=O) groups excluding carboxylic acids is 1. The molecule has 0 aliphatic rings. The van der Waals surface area contributed by atoms with E-state index in [1.165, 1.54) is 18.3 Å². The Morgan fingerprint density at radius 2 is 1.92 bits per heavy atom. The lowest BCUT2D eigenvalue weighted by atomic mass is 10.3. The van der Waals surface area contributed by atoms with E-state index in [-0.39, 0.29) is 12.4 Å². The SMILES string of the molecule is CCOS(=O)(=O)[O-].CCSc1sc(C(C)=O)c(N)c1-[n+]1ccccc1. The molecular formula is C15H20N2O5S3. The van der Waals surface area contributed by atoms with Gasteiger partial charge < -0.3 is 10.3 Å². The second kappa shape index (κ2) is 9.88. The first-order valence-corrected chi connectivity index (χ1v) is 10.5. The Labute approximate surface area is 155 Å². The summed E-state index contributed by atoms with van der Waals surface area (Å²) in [7, 11) is -4.42. The van der Waals surface area contributed by atoms with Gasteiger partial charge in [0.1, 0.15) is 14.8 Å². The molecule has 138 valence electrons. The number of nitrogens with two attached hydrogens (primary N) is 1. The minimum atomic E-state index is -4.42. The largest absolute Gasteiger partial charge is 0.726 e. The van der Waals surface area contributed by atoms with E-state index in [2.05, 4.69) is 11.1 Å². The van der Waals surface area contributed by atoms with Crippen molar-refractivity contribution >= 4 is 45.0 Å². The van der Waals surface area contributed by atoms with Crippen LogP contribution < -0.4 is 10.3 Å². The topological polar surface area (TPSA) is 113 Å². The van der Waals surface area contributed by atoms with Crippen LogP contribution in [0.2, 0.25) is 0 Å². The number of rotatable bonds is 6. The van der Waals surface area contributed by atoms with Gasteiger partial charge in [-0.2, -0.15) is 4.57 Å². The van der Waals surface area contributed by atoms with Crippen molar-refractivity contribution in [2.75, 3.05) is 18.1 Å². The van der Waals surface area contributed by atoms with Gasteiger partial charge in [0.05, 0.1) is 6.61 Å². The van der Waals surface area contributed by atoms with Gasteiger partial charge in [-0.05, 0) is 12.7 Å². The number of aromatic nitrogens is 1. The summed E-state index contributed by atoms with van der Waals surface area (Å²) in [6.45, 7) is 4.98. The first-order chi connectivity index (χ1) is 11.7. The monoisotopic (exact) mass is 404 g/mol. The van der Waals surface area contributed by atoms with Crippen molar-refractivity contribution < 1.29 is 26.5 Å². The van der Waals surface area contributed by atoms with E-state index in [0.717, 1.165) is 15.6 Å². The molecule has 2 aromatic heterocycles. The Bertz CT molecular complexity index is 804. The number of hydrogen-bond donors (Lipinski definition) is 1. The van der Waals surface area contributed by atoms with Gasteiger partial charge in [-0.1, -0.05) is 13.0 Å². The van der Waals surface area contributed by atoms with E-state index in [0.29, 0.717) is 10.6 Å². The molecule has 10 heteroatoms. The van der Waals surface area contributed by atoms with Gasteiger partial charge in [-0.3, -0.25) is 8.98 Å². The molecular weight excluding hydrogens is 384 g/mol. The Morgan fingerprint density at radius 1 is 1.32 bits per heavy atom. The smallest absolute Gasteiger partial charge is 0.259 e. The van der Waals surface area contributed by atoms with Crippen molar-refractivity contribution in [1.29, 1.82) is 0 Å². The van der Waals surface area contributed by atoms with Crippen molar-refractivity contribution in [2.24, 2.45) is 0 Å². The molecule has 25 heavy (non-hydrogen) atoms. The number of nitrogen functional groups attached to an aromatic ring is 1. The van der Waals surface area contributed by atoms with E-state index in [9.17, 15) is 17.8 Å². The third kappa shape index (κ3) is 6.75. The van der Waals surface area contributed by atoms with Crippen LogP contribution >= 0.6 is 23.1 Å². The van der Waals surface area contributed by atoms with Crippen LogP contribution in [0.25, 0.3) is 5.69 Å². The van der Waals surface area contributed by atoms with Crippen LogP contribution in [0.15, 0.2) is 34.8 Å². The predicted molar refractivity (Wildman–Crippen MR) is 98.0 cm³/mol. The van der Waals surface area contributed by atoms with Crippen LogP contribution in [-0.2, 0) is 14.6 Å². The molecule has 0 spiro atoms. The molecule has 0 amide bonds. The number of pyridine rings is 1. The zero-order valence-corrected chi connectivity index (χ0v) is 16.5. The van der Waals surface area contributed by atoms with Crippen LogP contribution in [0.4, 0.5) is 5.69 Å². The lowest BCUT2D eigenvalue weighted by Gasteiger charge is -2.02. The highest BCUT2D eigenvalue weighted by molar-refractivity contribution is 8.01. The Hall–Kier alpha value is -1.46. The summed E-state index contributed by atoms with van der Waals surface area (Å²) in [5.41, 5.74) is 7.63. The highest BCUT2D eigenvalue weighted by atomic mass is 32.3. The fourth-order valence-corrected chi connectivity index (χ4v) is 4.43. The Morgan fingerprint density at radius 3 is 2.32 bits per heavy atom. The van der Waals surface area contributed by atoms with E-state index in [1.807, 2.05) is 35.2 Å². The fourth-order valence-electron chi connectivity index (χ4n) is 1.84. The third-order valence-corrected chi connectivity index (χ3v) is 5.68. The third-order valence-electron chi connectivity index (χ3n) is 2.72. The maximum absolute atomic E-state index is 11.6. The normalized spacial score (nSPS) is 10.9. The number of anilines is 1. The highest BCUT2D eigenvalue weighted by Gasteiger charge is 2.25. The van der Waals surface area contributed by atoms with Crippen LogP contribution in [0.1, 0.15) is 30.4 Å². The average molecular weight is 405 g/mol. The number of Topliss-reactive ketones (excluding diaryl/α,β-unsaturated/α-hetero) is 1. The summed E-state index contributed by atoms with van der Waals surface area (Å²) in [4.78, 5) is 12.2. The van der Waals surface area contributed by atoms with Crippen LogP contribution in [0.3, 0.4) is 0 Å². The van der Waals surface area contributed by atoms with Crippen molar-refractivity contribution in [2.45, 2.75) is 25.0 Å². The lowest BCUT2D eigenvalue weighted by Crippen LogP contribution is -2.30. The second-order valence-corrected chi connectivity index (χ2v) is 8.17. The molecule has 2 N–H and O–H groups in total. The molecule has 2 heterocycles. The lowest BCUT2D eigenvalue weighted by molar-refractivity contribution is -0.596. The predicted octanol–water partition coefficient (Wildman–Crippen LogP) is 2.40. The number of thioether (sulfide) groups is 1. The Balaban J connectivity index is 0.000000381. The standard InChI is InChI=1S/C13H14N2OS2.C2H6O4S/c1-3-17-13-11(15-7-5-4-6-8-15)10(14)12(18-13)9(2)16;1-2-6-7(3,4)5/h4-8H,3H2,1-2H3,(H-,14,16);2H2,1H3,(H,3,4,5). The number of thiophene rings is 1. The molecule has 0 bridgehead atoms. The van der Waals surface area contributed by atoms with Crippen LogP contribution in [0.5, 0.6) is 0 Å². The van der Waals surface area contributed by atoms with E-state index in [1.54, 1.807) is 18.7 Å². The van der Waals surface area contributed by atoms with Crippen molar-refractivity contribution in [3.8, 4) is 5.69 Å². The number of ketones is 1. The zero-order chi connectivity index (χ0) is 19.0. The molecule has 7 nitrogen and oxygen atoms in total. The van der Waals surface area contributed by atoms with Gasteiger partial charge >= 0.3 is 0 Å². The number of carbonyl (C=O) groups is 1. The van der Waals surface area contributed by atoms with Crippen LogP contribution in [-0.4, -0.2) is 31.1 Å². The van der Waals surface area contributed by atoms with Gasteiger partial charge in [0.25, 0.3) is 5.69 Å². The maximum Gasteiger partial charge on any atom is 0.259 e. The number of hydrogen-bond acceptors (Lipinski definition) is 8. The van der Waals surface area contributed by atoms with Crippen molar-refractivity contribution in [3.63, 3.8) is 0 Å². The molecule has 2 rings (SSSR count). The molecule has 0 aliphatic heterocycles. The van der Waals surface area contributed by atoms with Crippen LogP contribution in [0, 0.1) is 0 Å². The van der Waals surface area contributed by atoms with Gasteiger partial charge in [0.2, 0.25) is 10.4 Å². The zero-order valence-electron chi connectivity index (χ0n) is 14.1. The molecule has 0 unspecified atom stereocenters. The summed E-state index contributed by atoms with van der Waals surface area (Å²) in [5.74, 6) is 0.982. The molecule has 0 radical (unpaired) electrons. The summed E-state index contributed by atoms with van der Waals surface area (Å²) in [6, 6.07) is 5.85. The minimum absolute atomic E-state index is 0.0261. The van der Waals surface area contributed by atoms with E-state index < -0.39 is 10.4 Å². The first-order valence-electron chi connectivity index (χ1n) is 7.34. The van der Waals surface area contributed by atoms with Gasteiger partial charge in [0.15, 0.2) is 18.2 Å². The molecule has 0 saturated heterocycles. The van der Waals surface area contributed by atoms with E-state index in [4.69, 9.17) is 5.73 Å². The van der Waals surface area contributed by atoms with Gasteiger partial charge in [-0.25, -0.2) is 8.42 Å². The van der Waals surface area contributed by atoms with Gasteiger partial charge in [-0.15, -0.1) is 23.1 Å². The molecule has 0 atom stereocenters. The fraction of sp³-hybridized carbons (Fsp3) is 0.333. The second-order valence-electron chi connectivity index (χ2n) is 4.57. The highest BCUT2D eigenvalue weighted by Crippen LogP contribution is 2.38. The van der Waals surface area contributed by atoms with Crippen molar-refractivity contribution in [3.05, 3.63) is 35.5 Å². The summed E-state index contributed by atoms with van der Waals surface area (Å²) in [5, 5.41) is 0. The quantitative estimate of drug-likeness (QED) is 0.258. The minimum Gasteiger partial charge on any atom is -0.726 e. The Kier molecular flexibility index (Phi) is 8.53. The summed E-state index contributed by atoms with van der Waals surface area (Å²) < 4.78 is 35.1. The van der Waals surface area contributed by atoms with Crippen molar-refractivity contribution in [1.82, 2.24) is 0 Å². The molecule has 0 saturated carbocycles. The molecule has 0 aliphatic carbocycles. The first kappa shape index (κ1) is 21.6. The molecule has 2 aromatic rings. The summed E-state index contributed by atoms with van der Waals surface area (Å²) in [6.07, 6.45) is 3.89. The summed E-state index contributed by atoms with van der Waals surface area (Å²) >= 11 is 3.20. The molecule has 0 aromatic carbocycles. The average Bonchev–Trinajstić information content (AvgIpc) is 2.85.